The molecule has 2 N–H and O–H groups in total. The normalized spacial score (nSPS) is 20.8. The van der Waals surface area contributed by atoms with E-state index in [1.54, 1.807) is 13.0 Å². The zero-order valence-corrected chi connectivity index (χ0v) is 11.3. The van der Waals surface area contributed by atoms with E-state index in [2.05, 4.69) is 15.2 Å². The lowest BCUT2D eigenvalue weighted by molar-refractivity contribution is 0.392. The van der Waals surface area contributed by atoms with Crippen molar-refractivity contribution in [2.24, 2.45) is 0 Å². The molecule has 1 aromatic heterocycles. The van der Waals surface area contributed by atoms with Gasteiger partial charge in [0.1, 0.15) is 0 Å². The largest absolute Gasteiger partial charge is 0.338 e. The number of hydrogen-bond donors (Lipinski definition) is 2. The quantitative estimate of drug-likeness (QED) is 0.843. The second-order valence-electron chi connectivity index (χ2n) is 4.69. The molecule has 1 aromatic rings. The highest BCUT2D eigenvalue weighted by atomic mass is 32.2. The molecule has 7 heteroatoms. The van der Waals surface area contributed by atoms with E-state index in [0.29, 0.717) is 18.2 Å². The molecule has 1 atom stereocenters. The lowest BCUT2D eigenvalue weighted by Gasteiger charge is -2.23. The second-order valence-corrected chi connectivity index (χ2v) is 6.53. The van der Waals surface area contributed by atoms with E-state index in [4.69, 9.17) is 4.52 Å². The van der Waals surface area contributed by atoms with Crippen LogP contribution in [0.25, 0.3) is 0 Å². The van der Waals surface area contributed by atoms with Crippen molar-refractivity contribution in [3.63, 3.8) is 0 Å². The molecule has 6 nitrogen and oxygen atoms in total. The number of sulfonamides is 1. The Bertz CT molecular complexity index is 477. The van der Waals surface area contributed by atoms with Crippen LogP contribution in [-0.4, -0.2) is 31.9 Å². The van der Waals surface area contributed by atoms with Crippen molar-refractivity contribution >= 4 is 15.9 Å². The minimum atomic E-state index is -3.34. The molecule has 18 heavy (non-hydrogen) atoms. The maximum atomic E-state index is 11.8. The van der Waals surface area contributed by atoms with Crippen LogP contribution >= 0.6 is 0 Å². The van der Waals surface area contributed by atoms with Crippen LogP contribution in [0.1, 0.15) is 31.4 Å². The van der Waals surface area contributed by atoms with Crippen LogP contribution in [0, 0.1) is 6.92 Å². The summed E-state index contributed by atoms with van der Waals surface area (Å²) in [6.07, 6.45) is 4.03. The van der Waals surface area contributed by atoms with Crippen molar-refractivity contribution in [2.75, 3.05) is 17.0 Å². The third-order valence-electron chi connectivity index (χ3n) is 3.03. The zero-order valence-electron chi connectivity index (χ0n) is 10.5. The Kier molecular flexibility index (Phi) is 4.23. The van der Waals surface area contributed by atoms with E-state index in [9.17, 15) is 8.42 Å². The van der Waals surface area contributed by atoms with Crippen molar-refractivity contribution < 1.29 is 12.9 Å². The summed E-state index contributed by atoms with van der Waals surface area (Å²) in [5.41, 5.74) is 0.654. The Balaban J connectivity index is 1.83. The van der Waals surface area contributed by atoms with Crippen LogP contribution in [-0.2, 0) is 10.0 Å². The number of nitrogens with zero attached hydrogens (tertiary/aromatic N) is 1. The molecule has 0 amide bonds. The zero-order chi connectivity index (χ0) is 13.0. The number of piperidine rings is 1. The average molecular weight is 273 g/mol. The Morgan fingerprint density at radius 3 is 3.00 bits per heavy atom. The fourth-order valence-corrected chi connectivity index (χ4v) is 3.18. The number of nitrogens with one attached hydrogen (secondary N) is 2. The van der Waals surface area contributed by atoms with Gasteiger partial charge in [0, 0.05) is 12.1 Å². The first-order valence-electron chi connectivity index (χ1n) is 6.22. The lowest BCUT2D eigenvalue weighted by Crippen LogP contribution is -2.36. The summed E-state index contributed by atoms with van der Waals surface area (Å²) in [7, 11) is -3.34. The highest BCUT2D eigenvalue weighted by Crippen LogP contribution is 2.14. The Morgan fingerprint density at radius 2 is 2.39 bits per heavy atom. The van der Waals surface area contributed by atoms with Gasteiger partial charge < -0.3 is 9.84 Å². The van der Waals surface area contributed by atoms with Crippen molar-refractivity contribution in [2.45, 2.75) is 38.6 Å². The molecular formula is C11H19N3O3S. The molecule has 1 unspecified atom stereocenters. The average Bonchev–Trinajstić information content (AvgIpc) is 2.73. The number of aryl methyl sites for hydroxylation is 1. The highest BCUT2D eigenvalue weighted by Gasteiger charge is 2.18. The third kappa shape index (κ3) is 3.99. The Hall–Kier alpha value is -1.08. The number of hydrogen-bond acceptors (Lipinski definition) is 5. The first kappa shape index (κ1) is 13.4. The minimum absolute atomic E-state index is 0.102. The van der Waals surface area contributed by atoms with Gasteiger partial charge in [-0.25, -0.2) is 8.42 Å². The van der Waals surface area contributed by atoms with Gasteiger partial charge in [0.2, 0.25) is 15.9 Å². The van der Waals surface area contributed by atoms with Gasteiger partial charge in [0.05, 0.1) is 11.4 Å². The Morgan fingerprint density at radius 1 is 1.56 bits per heavy atom. The van der Waals surface area contributed by atoms with Gasteiger partial charge in [-0.15, -0.1) is 0 Å². The topological polar surface area (TPSA) is 84.2 Å². The van der Waals surface area contributed by atoms with Gasteiger partial charge in [0.15, 0.2) is 0 Å². The summed E-state index contributed by atoms with van der Waals surface area (Å²) < 4.78 is 30.9. The van der Waals surface area contributed by atoms with Gasteiger partial charge in [0.25, 0.3) is 0 Å². The maximum absolute atomic E-state index is 11.8. The predicted molar refractivity (Wildman–Crippen MR) is 68.9 cm³/mol. The van der Waals surface area contributed by atoms with Crippen LogP contribution in [0.5, 0.6) is 0 Å². The van der Waals surface area contributed by atoms with E-state index < -0.39 is 10.0 Å². The fraction of sp³-hybridized carbons (Fsp3) is 0.727. The van der Waals surface area contributed by atoms with E-state index >= 15 is 0 Å². The summed E-state index contributed by atoms with van der Waals surface area (Å²) in [4.78, 5) is 0. The first-order chi connectivity index (χ1) is 8.55. The van der Waals surface area contributed by atoms with Gasteiger partial charge >= 0.3 is 0 Å². The molecule has 0 aliphatic carbocycles. The van der Waals surface area contributed by atoms with Crippen molar-refractivity contribution in [3.05, 3.63) is 11.8 Å². The van der Waals surface area contributed by atoms with Crippen LogP contribution in [0.3, 0.4) is 0 Å². The van der Waals surface area contributed by atoms with Crippen molar-refractivity contribution in [1.82, 2.24) is 10.5 Å². The molecule has 0 aromatic carbocycles. The molecule has 1 aliphatic rings. The first-order valence-corrected chi connectivity index (χ1v) is 7.87. The van der Waals surface area contributed by atoms with Gasteiger partial charge in [-0.05, 0) is 32.7 Å². The summed E-state index contributed by atoms with van der Waals surface area (Å²) >= 11 is 0. The van der Waals surface area contributed by atoms with Crippen LogP contribution < -0.4 is 10.0 Å². The highest BCUT2D eigenvalue weighted by molar-refractivity contribution is 7.92. The molecule has 1 aliphatic heterocycles. The van der Waals surface area contributed by atoms with Gasteiger partial charge in [-0.1, -0.05) is 11.6 Å². The van der Waals surface area contributed by atoms with Crippen LogP contribution in [0.2, 0.25) is 0 Å². The molecule has 1 fully saturated rings. The third-order valence-corrected chi connectivity index (χ3v) is 4.32. The number of rotatable bonds is 5. The molecular weight excluding hydrogens is 254 g/mol. The van der Waals surface area contributed by atoms with Crippen molar-refractivity contribution in [3.8, 4) is 0 Å². The van der Waals surface area contributed by atoms with Crippen LogP contribution in [0.4, 0.5) is 5.88 Å². The van der Waals surface area contributed by atoms with Gasteiger partial charge in [-0.2, -0.15) is 0 Å². The molecule has 1 saturated heterocycles. The van der Waals surface area contributed by atoms with E-state index in [0.717, 1.165) is 13.0 Å². The summed E-state index contributed by atoms with van der Waals surface area (Å²) in [6, 6.07) is 1.88. The standard InChI is InChI=1S/C11H19N3O3S/c1-9-8-11(17-13-9)14-18(15,16)7-5-10-4-2-3-6-12-10/h8,10,12,14H,2-7H2,1H3. The summed E-state index contributed by atoms with van der Waals surface area (Å²) in [6.45, 7) is 2.73. The predicted octanol–water partition coefficient (Wildman–Crippen LogP) is 1.26. The molecule has 0 saturated carbocycles. The molecule has 2 rings (SSSR count). The maximum Gasteiger partial charge on any atom is 0.238 e. The molecule has 0 bridgehead atoms. The smallest absolute Gasteiger partial charge is 0.238 e. The number of anilines is 1. The van der Waals surface area contributed by atoms with E-state index in [1.807, 2.05) is 0 Å². The SMILES string of the molecule is Cc1cc(NS(=O)(=O)CCC2CCCCN2)on1. The molecule has 0 radical (unpaired) electrons. The molecule has 102 valence electrons. The molecule has 2 heterocycles. The van der Waals surface area contributed by atoms with E-state index in [1.165, 1.54) is 12.8 Å². The van der Waals surface area contributed by atoms with Crippen LogP contribution in [0.15, 0.2) is 10.6 Å². The lowest BCUT2D eigenvalue weighted by atomic mass is 10.0. The fourth-order valence-electron chi connectivity index (χ4n) is 2.08. The van der Waals surface area contributed by atoms with Crippen molar-refractivity contribution in [1.29, 1.82) is 0 Å². The Labute approximate surface area is 107 Å². The second kappa shape index (κ2) is 5.71. The van der Waals surface area contributed by atoms with Gasteiger partial charge in [-0.3, -0.25) is 4.72 Å². The molecule has 0 spiro atoms. The monoisotopic (exact) mass is 273 g/mol. The number of aromatic nitrogens is 1. The minimum Gasteiger partial charge on any atom is -0.338 e. The summed E-state index contributed by atoms with van der Waals surface area (Å²) in [5, 5.41) is 6.97. The summed E-state index contributed by atoms with van der Waals surface area (Å²) in [5.74, 6) is 0.286. The van der Waals surface area contributed by atoms with E-state index in [-0.39, 0.29) is 11.6 Å².